The van der Waals surface area contributed by atoms with Crippen molar-refractivity contribution in [1.82, 2.24) is 5.32 Å². The number of ketones is 2. The minimum absolute atomic E-state index is 0.0808. The number of esters is 4. The van der Waals surface area contributed by atoms with Crippen LogP contribution in [0.3, 0.4) is 0 Å². The van der Waals surface area contributed by atoms with Gasteiger partial charge in [-0.2, -0.15) is 0 Å². The Morgan fingerprint density at radius 1 is 0.900 bits per heavy atom. The number of carbonyl (C=O) groups is 7. The Bertz CT molecular complexity index is 2340. The van der Waals surface area contributed by atoms with Gasteiger partial charge in [-0.1, -0.05) is 76.2 Å². The average molecular weight is 978 g/mol. The molecule has 2 aromatic carbocycles. The van der Waals surface area contributed by atoms with Crippen LogP contribution in [0.25, 0.3) is 0 Å². The number of methoxy groups -OCH3 is 2. The zero-order valence-electron chi connectivity index (χ0n) is 42.0. The van der Waals surface area contributed by atoms with Crippen LogP contribution < -0.4 is 5.32 Å². The van der Waals surface area contributed by atoms with Crippen molar-refractivity contribution in [1.29, 1.82) is 0 Å². The van der Waals surface area contributed by atoms with Crippen molar-refractivity contribution in [3.8, 4) is 0 Å². The van der Waals surface area contributed by atoms with E-state index in [0.29, 0.717) is 0 Å². The second-order valence-corrected chi connectivity index (χ2v) is 20.6. The minimum atomic E-state index is -2.32. The van der Waals surface area contributed by atoms with Crippen LogP contribution >= 0.6 is 0 Å². The second-order valence-electron chi connectivity index (χ2n) is 20.6. The van der Waals surface area contributed by atoms with E-state index in [0.717, 1.165) is 0 Å². The van der Waals surface area contributed by atoms with Crippen LogP contribution in [0.4, 0.5) is 4.79 Å². The predicted octanol–water partition coefficient (Wildman–Crippen LogP) is 5.36. The Labute approximate surface area is 408 Å². The number of nitrogens with one attached hydrogen (secondary N) is 1. The van der Waals surface area contributed by atoms with Crippen LogP contribution in [0, 0.1) is 22.7 Å². The first-order chi connectivity index (χ1) is 32.8. The van der Waals surface area contributed by atoms with Crippen LogP contribution in [0.2, 0.25) is 0 Å². The maximum atomic E-state index is 15.8. The summed E-state index contributed by atoms with van der Waals surface area (Å²) in [5.74, 6) is -6.53. The number of benzene rings is 2. The number of hydrogen-bond acceptors (Lipinski definition) is 17. The van der Waals surface area contributed by atoms with Crippen LogP contribution in [-0.4, -0.2) is 134 Å². The van der Waals surface area contributed by atoms with E-state index in [2.05, 4.69) is 5.32 Å². The summed E-state index contributed by atoms with van der Waals surface area (Å²) in [6.07, 6.45) is -9.89. The van der Waals surface area contributed by atoms with Crippen LogP contribution in [-0.2, 0) is 66.6 Å². The molecule has 2 bridgehead atoms. The van der Waals surface area contributed by atoms with Gasteiger partial charge in [0.2, 0.25) is 6.10 Å². The molecule has 0 spiro atoms. The Kier molecular flexibility index (Phi) is 15.9. The zero-order chi connectivity index (χ0) is 51.7. The Morgan fingerprint density at radius 2 is 1.53 bits per heavy atom. The number of hydrogen-bond donors (Lipinski definition) is 2. The second kappa shape index (κ2) is 20.7. The van der Waals surface area contributed by atoms with Crippen molar-refractivity contribution < 1.29 is 81.3 Å². The summed E-state index contributed by atoms with van der Waals surface area (Å²) in [6.45, 7) is 14.6. The molecule has 1 heterocycles. The third kappa shape index (κ3) is 10.2. The lowest BCUT2D eigenvalue weighted by Crippen LogP contribution is -2.82. The molecule has 382 valence electrons. The monoisotopic (exact) mass is 977 g/mol. The maximum Gasteiger partial charge on any atom is 0.408 e. The number of fused-ring (bicyclic) bond motifs is 5. The van der Waals surface area contributed by atoms with Crippen molar-refractivity contribution in [3.63, 3.8) is 0 Å². The topological polar surface area (TPSA) is 235 Å². The third-order valence-corrected chi connectivity index (χ3v) is 14.4. The van der Waals surface area contributed by atoms with E-state index in [1.54, 1.807) is 111 Å². The number of amides is 1. The molecular formula is C52H67NO17. The van der Waals surface area contributed by atoms with Crippen molar-refractivity contribution >= 4 is 41.5 Å². The lowest BCUT2D eigenvalue weighted by molar-refractivity contribution is -0.347. The fourth-order valence-corrected chi connectivity index (χ4v) is 10.7. The standard InChI is InChI=1S/C52H67NO17/c1-28(2)33(55)25-64-26-37(56)67-41(39(31-19-15-13-16-20-31)53-47(60)70-48(5,6)7)46(59)66-34-24-52(61)44(68-45(58)32-21-17-14-18-22-32)42-50(10,43(57)40(63-12)38(29(34)3)49(52,8)9)35(62-11)23-36-51(42,27-65-36)69-30(4)54/h13-22,28,34-36,39-42,44,61H,23-27H2,1-12H3,(H,53,60)/t34-,35-,36?,39-,40+,41+,42?,44-,50+,51-,52+/m0/s1. The van der Waals surface area contributed by atoms with Gasteiger partial charge < -0.3 is 53.1 Å². The molecule has 18 nitrogen and oxygen atoms in total. The zero-order valence-corrected chi connectivity index (χ0v) is 42.0. The van der Waals surface area contributed by atoms with E-state index in [1.807, 2.05) is 0 Å². The molecular weight excluding hydrogens is 911 g/mol. The van der Waals surface area contributed by atoms with Crippen LogP contribution in [0.15, 0.2) is 71.8 Å². The predicted molar refractivity (Wildman–Crippen MR) is 248 cm³/mol. The van der Waals surface area contributed by atoms with Gasteiger partial charge in [0, 0.05) is 45.3 Å². The summed E-state index contributed by atoms with van der Waals surface area (Å²) in [6, 6.07) is 14.7. The quantitative estimate of drug-likeness (QED) is 0.122. The summed E-state index contributed by atoms with van der Waals surface area (Å²) in [4.78, 5) is 98.1. The number of Topliss-reactive ketones (excluding diaryl/α,β-unsaturated/α-hetero) is 2. The van der Waals surface area contributed by atoms with Gasteiger partial charge in [-0.3, -0.25) is 14.4 Å². The fraction of sp³-hybridized carbons (Fsp3) is 0.596. The number of rotatable bonds is 16. The lowest BCUT2D eigenvalue weighted by atomic mass is 9.44. The third-order valence-electron chi connectivity index (χ3n) is 14.4. The highest BCUT2D eigenvalue weighted by Crippen LogP contribution is 2.65. The molecule has 1 saturated heterocycles. The molecule has 18 heteroatoms. The van der Waals surface area contributed by atoms with Crippen molar-refractivity contribution in [2.24, 2.45) is 22.7 Å². The van der Waals surface area contributed by atoms with Gasteiger partial charge in [-0.05, 0) is 63.5 Å². The molecule has 2 unspecified atom stereocenters. The number of ether oxygens (including phenoxy) is 9. The molecule has 6 rings (SSSR count). The van der Waals surface area contributed by atoms with E-state index < -0.39 is 138 Å². The molecule has 2 aromatic rings. The van der Waals surface area contributed by atoms with Gasteiger partial charge >= 0.3 is 30.0 Å². The Morgan fingerprint density at radius 3 is 2.07 bits per heavy atom. The highest BCUT2D eigenvalue weighted by molar-refractivity contribution is 5.94. The van der Waals surface area contributed by atoms with Gasteiger partial charge in [0.15, 0.2) is 17.2 Å². The molecule has 11 atom stereocenters. The highest BCUT2D eigenvalue weighted by atomic mass is 16.6. The molecule has 0 aromatic heterocycles. The molecule has 2 N–H and O–H groups in total. The van der Waals surface area contributed by atoms with Crippen LogP contribution in [0.5, 0.6) is 0 Å². The smallest absolute Gasteiger partial charge is 0.408 e. The number of aliphatic hydroxyl groups is 1. The maximum absolute atomic E-state index is 15.8. The summed E-state index contributed by atoms with van der Waals surface area (Å²) in [5, 5.41) is 16.6. The minimum Gasteiger partial charge on any atom is -0.455 e. The molecule has 70 heavy (non-hydrogen) atoms. The highest BCUT2D eigenvalue weighted by Gasteiger charge is 2.78. The SMILES string of the molecule is CO[C@H]1C(=O)[C@@]2(C)C([C@H](OC(=O)c3ccccc3)[C@]3(O)C[C@H](OC(=O)[C@H](OC(=O)COCC(=O)C(C)C)[C@@H](NC(=O)OC(C)(C)C)c4ccccc4)C(C)=C1C3(C)C)[C@]1(OC(C)=O)COC1C[C@@H]2OC. The van der Waals surface area contributed by atoms with E-state index in [9.17, 15) is 29.1 Å². The molecule has 2 saturated carbocycles. The van der Waals surface area contributed by atoms with Crippen molar-refractivity contribution in [2.45, 2.75) is 142 Å². The van der Waals surface area contributed by atoms with Crippen molar-refractivity contribution in [3.05, 3.63) is 82.9 Å². The first-order valence-corrected chi connectivity index (χ1v) is 23.4. The van der Waals surface area contributed by atoms with Gasteiger partial charge in [0.25, 0.3) is 0 Å². The molecule has 3 fully saturated rings. The Hall–Kier alpha value is -5.53. The van der Waals surface area contributed by atoms with Gasteiger partial charge in [-0.25, -0.2) is 19.2 Å². The van der Waals surface area contributed by atoms with E-state index >= 15 is 9.59 Å². The van der Waals surface area contributed by atoms with E-state index in [1.165, 1.54) is 33.3 Å². The normalized spacial score (nSPS) is 29.9. The molecule has 4 aliphatic rings. The summed E-state index contributed by atoms with van der Waals surface area (Å²) >= 11 is 0. The fourth-order valence-electron chi connectivity index (χ4n) is 10.7. The average Bonchev–Trinajstić information content (AvgIpc) is 3.28. The first-order valence-electron chi connectivity index (χ1n) is 23.4. The van der Waals surface area contributed by atoms with Gasteiger partial charge in [-0.15, -0.1) is 0 Å². The molecule has 3 aliphatic carbocycles. The van der Waals surface area contributed by atoms with Crippen LogP contribution in [0.1, 0.15) is 104 Å². The first kappa shape index (κ1) is 53.8. The van der Waals surface area contributed by atoms with E-state index in [4.69, 9.17) is 42.6 Å². The van der Waals surface area contributed by atoms with E-state index in [-0.39, 0.29) is 41.1 Å². The summed E-state index contributed by atoms with van der Waals surface area (Å²) in [5.41, 5.74) is -7.38. The molecule has 1 amide bonds. The summed E-state index contributed by atoms with van der Waals surface area (Å²) < 4.78 is 54.2. The molecule has 0 radical (unpaired) electrons. The largest absolute Gasteiger partial charge is 0.455 e. The number of carbonyl (C=O) groups excluding carboxylic acids is 7. The molecule has 1 aliphatic heterocycles. The number of alkyl carbamates (subject to hydrolysis) is 1. The lowest BCUT2D eigenvalue weighted by Gasteiger charge is -2.67. The summed E-state index contributed by atoms with van der Waals surface area (Å²) in [7, 11) is 2.74. The van der Waals surface area contributed by atoms with Gasteiger partial charge in [0.05, 0.1) is 29.6 Å². The Balaban J connectivity index is 1.53. The van der Waals surface area contributed by atoms with Crippen molar-refractivity contribution in [2.75, 3.05) is 34.0 Å². The van der Waals surface area contributed by atoms with Gasteiger partial charge in [0.1, 0.15) is 54.9 Å².